The Bertz CT molecular complexity index is 646. The molecule has 0 atom stereocenters. The monoisotopic (exact) mass is 296 g/mol. The summed E-state index contributed by atoms with van der Waals surface area (Å²) < 4.78 is 0. The minimum absolute atomic E-state index is 0.0496. The Labute approximate surface area is 130 Å². The number of benzene rings is 2. The molecule has 0 aliphatic rings. The molecular weight excluding hydrogens is 276 g/mol. The van der Waals surface area contributed by atoms with E-state index in [1.165, 1.54) is 5.56 Å². The number of rotatable bonds is 6. The van der Waals surface area contributed by atoms with Gasteiger partial charge in [0.2, 0.25) is 11.8 Å². The van der Waals surface area contributed by atoms with Crippen LogP contribution in [0.15, 0.2) is 48.5 Å². The van der Waals surface area contributed by atoms with Crippen molar-refractivity contribution in [3.63, 3.8) is 0 Å². The van der Waals surface area contributed by atoms with Gasteiger partial charge in [-0.05, 0) is 48.2 Å². The molecule has 4 heteroatoms. The molecule has 0 saturated heterocycles. The average Bonchev–Trinajstić information content (AvgIpc) is 2.54. The molecule has 22 heavy (non-hydrogen) atoms. The number of carbonyl (C=O) groups excluding carboxylic acids is 2. The van der Waals surface area contributed by atoms with Gasteiger partial charge in [-0.2, -0.15) is 0 Å². The summed E-state index contributed by atoms with van der Waals surface area (Å²) in [4.78, 5) is 22.9. The number of hydrogen-bond donors (Lipinski definition) is 2. The van der Waals surface area contributed by atoms with E-state index in [1.807, 2.05) is 0 Å². The van der Waals surface area contributed by atoms with Crippen molar-refractivity contribution < 1.29 is 9.59 Å². The largest absolute Gasteiger partial charge is 0.366 e. The third-order valence-electron chi connectivity index (χ3n) is 3.53. The van der Waals surface area contributed by atoms with E-state index in [1.54, 1.807) is 24.3 Å². The van der Waals surface area contributed by atoms with Gasteiger partial charge in [0, 0.05) is 17.7 Å². The molecule has 0 radical (unpaired) electrons. The number of primary amides is 1. The fourth-order valence-corrected chi connectivity index (χ4v) is 2.14. The number of hydrogen-bond acceptors (Lipinski definition) is 2. The van der Waals surface area contributed by atoms with Crippen LogP contribution in [0.5, 0.6) is 0 Å². The molecule has 0 bridgehead atoms. The highest BCUT2D eigenvalue weighted by atomic mass is 16.1. The van der Waals surface area contributed by atoms with E-state index in [0.717, 1.165) is 12.0 Å². The van der Waals surface area contributed by atoms with Gasteiger partial charge in [0.05, 0.1) is 0 Å². The molecule has 0 heterocycles. The zero-order valence-electron chi connectivity index (χ0n) is 12.6. The molecule has 0 spiro atoms. The first kappa shape index (κ1) is 15.8. The lowest BCUT2D eigenvalue weighted by Crippen LogP contribution is -2.13. The van der Waals surface area contributed by atoms with Gasteiger partial charge in [0.15, 0.2) is 0 Å². The molecule has 0 aliphatic carbocycles. The highest BCUT2D eigenvalue weighted by Gasteiger charge is 2.05. The molecule has 2 rings (SSSR count). The third-order valence-corrected chi connectivity index (χ3v) is 3.53. The average molecular weight is 296 g/mol. The van der Waals surface area contributed by atoms with E-state index >= 15 is 0 Å². The van der Waals surface area contributed by atoms with Crippen molar-refractivity contribution in [2.24, 2.45) is 5.73 Å². The minimum atomic E-state index is -0.478. The summed E-state index contributed by atoms with van der Waals surface area (Å²) in [6, 6.07) is 14.9. The van der Waals surface area contributed by atoms with E-state index in [9.17, 15) is 9.59 Å². The Hall–Kier alpha value is -2.62. The summed E-state index contributed by atoms with van der Waals surface area (Å²) in [5.41, 5.74) is 8.70. The van der Waals surface area contributed by atoms with E-state index in [-0.39, 0.29) is 5.91 Å². The van der Waals surface area contributed by atoms with Crippen molar-refractivity contribution in [2.75, 3.05) is 5.32 Å². The second-order valence-electron chi connectivity index (χ2n) is 5.16. The molecule has 0 saturated carbocycles. The predicted octanol–water partition coefficient (Wildman–Crippen LogP) is 2.92. The molecule has 0 unspecified atom stereocenters. The van der Waals surface area contributed by atoms with Crippen molar-refractivity contribution in [3.05, 3.63) is 65.2 Å². The second-order valence-corrected chi connectivity index (χ2v) is 5.16. The number of anilines is 1. The van der Waals surface area contributed by atoms with Crippen molar-refractivity contribution in [1.29, 1.82) is 0 Å². The van der Waals surface area contributed by atoms with Gasteiger partial charge in [-0.25, -0.2) is 0 Å². The molecule has 0 fully saturated rings. The molecule has 2 aromatic carbocycles. The van der Waals surface area contributed by atoms with Crippen molar-refractivity contribution >= 4 is 17.5 Å². The molecule has 4 nitrogen and oxygen atoms in total. The van der Waals surface area contributed by atoms with Gasteiger partial charge in [-0.15, -0.1) is 0 Å². The van der Waals surface area contributed by atoms with Crippen molar-refractivity contribution in [3.8, 4) is 0 Å². The van der Waals surface area contributed by atoms with Gasteiger partial charge in [-0.1, -0.05) is 31.2 Å². The Morgan fingerprint density at radius 1 is 0.955 bits per heavy atom. The lowest BCUT2D eigenvalue weighted by Gasteiger charge is -2.06. The number of aryl methyl sites for hydroxylation is 2. The van der Waals surface area contributed by atoms with Gasteiger partial charge in [0.25, 0.3) is 0 Å². The standard InChI is InChI=1S/C18H20N2O2/c1-2-13-3-5-14(6-4-13)7-12-17(21)20-16-10-8-15(9-11-16)18(19)22/h3-6,8-11H,2,7,12H2,1H3,(H2,19,22)(H,20,21). The van der Waals surface area contributed by atoms with Crippen LogP contribution in [0.4, 0.5) is 5.69 Å². The Morgan fingerprint density at radius 2 is 1.55 bits per heavy atom. The van der Waals surface area contributed by atoms with E-state index < -0.39 is 5.91 Å². The van der Waals surface area contributed by atoms with Crippen molar-refractivity contribution in [2.45, 2.75) is 26.2 Å². The van der Waals surface area contributed by atoms with Gasteiger partial charge in [-0.3, -0.25) is 9.59 Å². The maximum absolute atomic E-state index is 11.9. The SMILES string of the molecule is CCc1ccc(CCC(=O)Nc2ccc(C(N)=O)cc2)cc1. The van der Waals surface area contributed by atoms with Crippen LogP contribution in [-0.2, 0) is 17.6 Å². The van der Waals surface area contributed by atoms with Crippen LogP contribution in [0.25, 0.3) is 0 Å². The zero-order valence-corrected chi connectivity index (χ0v) is 12.6. The first-order valence-corrected chi connectivity index (χ1v) is 7.36. The summed E-state index contributed by atoms with van der Waals surface area (Å²) in [6.07, 6.45) is 2.14. The van der Waals surface area contributed by atoms with Crippen LogP contribution in [0.1, 0.15) is 34.8 Å². The van der Waals surface area contributed by atoms with Crippen LogP contribution in [0.2, 0.25) is 0 Å². The quantitative estimate of drug-likeness (QED) is 0.860. The number of nitrogens with one attached hydrogen (secondary N) is 1. The highest BCUT2D eigenvalue weighted by Crippen LogP contribution is 2.11. The molecular formula is C18H20N2O2. The lowest BCUT2D eigenvalue weighted by molar-refractivity contribution is -0.116. The summed E-state index contributed by atoms with van der Waals surface area (Å²) in [7, 11) is 0. The second kappa shape index (κ2) is 7.41. The van der Waals surface area contributed by atoms with Gasteiger partial charge in [0.1, 0.15) is 0 Å². The van der Waals surface area contributed by atoms with Crippen LogP contribution >= 0.6 is 0 Å². The smallest absolute Gasteiger partial charge is 0.248 e. The number of amides is 2. The van der Waals surface area contributed by atoms with Crippen LogP contribution in [-0.4, -0.2) is 11.8 Å². The molecule has 3 N–H and O–H groups in total. The maximum Gasteiger partial charge on any atom is 0.248 e. The highest BCUT2D eigenvalue weighted by molar-refractivity contribution is 5.94. The first-order chi connectivity index (χ1) is 10.6. The van der Waals surface area contributed by atoms with Crippen LogP contribution in [0, 0.1) is 0 Å². The minimum Gasteiger partial charge on any atom is -0.366 e. The molecule has 2 aromatic rings. The molecule has 2 amide bonds. The Kier molecular flexibility index (Phi) is 5.31. The molecule has 0 aromatic heterocycles. The van der Waals surface area contributed by atoms with Gasteiger partial charge < -0.3 is 11.1 Å². The molecule has 0 aliphatic heterocycles. The predicted molar refractivity (Wildman–Crippen MR) is 87.7 cm³/mol. The van der Waals surface area contributed by atoms with E-state index in [2.05, 4.69) is 36.5 Å². The number of nitrogens with two attached hydrogens (primary N) is 1. The Morgan fingerprint density at radius 3 is 2.09 bits per heavy atom. The number of carbonyl (C=O) groups is 2. The van der Waals surface area contributed by atoms with Crippen LogP contribution < -0.4 is 11.1 Å². The fraction of sp³-hybridized carbons (Fsp3) is 0.222. The summed E-state index contributed by atoms with van der Waals surface area (Å²) >= 11 is 0. The fourth-order valence-electron chi connectivity index (χ4n) is 2.14. The van der Waals surface area contributed by atoms with Crippen LogP contribution in [0.3, 0.4) is 0 Å². The first-order valence-electron chi connectivity index (χ1n) is 7.36. The topological polar surface area (TPSA) is 72.2 Å². The third kappa shape index (κ3) is 4.45. The Balaban J connectivity index is 1.85. The van der Waals surface area contributed by atoms with Crippen molar-refractivity contribution in [1.82, 2.24) is 0 Å². The summed E-state index contributed by atoms with van der Waals surface area (Å²) in [5.74, 6) is -0.528. The summed E-state index contributed by atoms with van der Waals surface area (Å²) in [5, 5.41) is 2.81. The zero-order chi connectivity index (χ0) is 15.9. The molecule has 114 valence electrons. The van der Waals surface area contributed by atoms with E-state index in [0.29, 0.717) is 24.1 Å². The van der Waals surface area contributed by atoms with E-state index in [4.69, 9.17) is 5.73 Å². The van der Waals surface area contributed by atoms with Gasteiger partial charge >= 0.3 is 0 Å². The normalized spacial score (nSPS) is 10.2. The summed E-state index contributed by atoms with van der Waals surface area (Å²) in [6.45, 7) is 2.12. The maximum atomic E-state index is 11.9. The lowest BCUT2D eigenvalue weighted by atomic mass is 10.1.